The number of aryl methyl sites for hydroxylation is 1. The molecule has 1 unspecified atom stereocenters. The summed E-state index contributed by atoms with van der Waals surface area (Å²) in [6.45, 7) is 6.09. The quantitative estimate of drug-likeness (QED) is 0.432. The van der Waals surface area contributed by atoms with E-state index in [9.17, 15) is 19.2 Å². The Bertz CT molecular complexity index is 1140. The lowest BCUT2D eigenvalue weighted by Gasteiger charge is -2.27. The molecule has 0 radical (unpaired) electrons. The van der Waals surface area contributed by atoms with Crippen LogP contribution in [0.3, 0.4) is 0 Å². The zero-order valence-electron chi connectivity index (χ0n) is 20.0. The minimum absolute atomic E-state index is 0.0427. The van der Waals surface area contributed by atoms with Crippen molar-refractivity contribution in [3.63, 3.8) is 0 Å². The van der Waals surface area contributed by atoms with Crippen molar-refractivity contribution < 1.29 is 24.3 Å². The van der Waals surface area contributed by atoms with Gasteiger partial charge in [-0.3, -0.25) is 14.4 Å². The van der Waals surface area contributed by atoms with Crippen molar-refractivity contribution in [3.8, 4) is 0 Å². The number of carboxylic acid groups (broad SMARTS) is 1. The van der Waals surface area contributed by atoms with Crippen LogP contribution in [0.15, 0.2) is 60.2 Å². The number of amides is 4. The summed E-state index contributed by atoms with van der Waals surface area (Å²) < 4.78 is 0. The van der Waals surface area contributed by atoms with Crippen LogP contribution in [0.4, 0.5) is 16.2 Å². The van der Waals surface area contributed by atoms with Gasteiger partial charge in [0.15, 0.2) is 0 Å². The minimum atomic E-state index is -1.19. The lowest BCUT2D eigenvalue weighted by Crippen LogP contribution is -2.40. The number of anilines is 2. The van der Waals surface area contributed by atoms with Crippen LogP contribution in [0.1, 0.15) is 31.4 Å². The van der Waals surface area contributed by atoms with Gasteiger partial charge in [0.25, 0.3) is 0 Å². The van der Waals surface area contributed by atoms with Gasteiger partial charge in [-0.25, -0.2) is 4.79 Å². The molecule has 1 aliphatic rings. The lowest BCUT2D eigenvalue weighted by atomic mass is 10.0. The highest BCUT2D eigenvalue weighted by atomic mass is 16.4. The molecule has 4 N–H and O–H groups in total. The fourth-order valence-corrected chi connectivity index (χ4v) is 3.82. The molecule has 0 aliphatic carbocycles. The molecule has 1 atom stereocenters. The van der Waals surface area contributed by atoms with Crippen molar-refractivity contribution in [3.05, 3.63) is 71.3 Å². The van der Waals surface area contributed by atoms with Crippen molar-refractivity contribution in [2.45, 2.75) is 39.8 Å². The van der Waals surface area contributed by atoms with Crippen molar-refractivity contribution >= 4 is 35.2 Å². The second-order valence-electron chi connectivity index (χ2n) is 8.79. The predicted octanol–water partition coefficient (Wildman–Crippen LogP) is 3.52. The third-order valence-electron chi connectivity index (χ3n) is 5.73. The van der Waals surface area contributed by atoms with Gasteiger partial charge in [0, 0.05) is 23.5 Å². The van der Waals surface area contributed by atoms with Crippen LogP contribution in [-0.4, -0.2) is 46.4 Å². The smallest absolute Gasteiger partial charge is 0.323 e. The fourth-order valence-electron chi connectivity index (χ4n) is 3.82. The fraction of sp³-hybridized carbons (Fsp3) is 0.308. The lowest BCUT2D eigenvalue weighted by molar-refractivity contribution is -0.144. The Morgan fingerprint density at radius 3 is 2.34 bits per heavy atom. The first-order valence-electron chi connectivity index (χ1n) is 11.4. The highest BCUT2D eigenvalue weighted by Crippen LogP contribution is 2.24. The van der Waals surface area contributed by atoms with Gasteiger partial charge in [0.05, 0.1) is 12.6 Å². The Balaban J connectivity index is 1.53. The van der Waals surface area contributed by atoms with Crippen LogP contribution in [-0.2, 0) is 20.9 Å². The number of hydrogen-bond donors (Lipinski definition) is 4. The molecular weight excluding hydrogens is 448 g/mol. The first kappa shape index (κ1) is 25.5. The molecule has 35 heavy (non-hydrogen) atoms. The maximum atomic E-state index is 12.7. The highest BCUT2D eigenvalue weighted by Gasteiger charge is 2.33. The molecule has 3 rings (SSSR count). The van der Waals surface area contributed by atoms with Crippen LogP contribution in [0.2, 0.25) is 0 Å². The molecule has 0 spiro atoms. The average molecular weight is 479 g/mol. The second kappa shape index (κ2) is 11.3. The van der Waals surface area contributed by atoms with E-state index >= 15 is 0 Å². The van der Waals surface area contributed by atoms with E-state index in [4.69, 9.17) is 5.11 Å². The zero-order valence-corrected chi connectivity index (χ0v) is 20.0. The molecule has 1 aliphatic heterocycles. The number of carboxylic acids is 1. The van der Waals surface area contributed by atoms with Gasteiger partial charge in [0.1, 0.15) is 6.42 Å². The summed E-state index contributed by atoms with van der Waals surface area (Å²) in [6.07, 6.45) is 1.13. The highest BCUT2D eigenvalue weighted by molar-refractivity contribution is 6.00. The number of para-hydroxylation sites is 1. The number of carbonyl (C=O) groups excluding carboxylic acids is 3. The van der Waals surface area contributed by atoms with E-state index in [1.54, 1.807) is 30.3 Å². The van der Waals surface area contributed by atoms with Crippen molar-refractivity contribution in [2.75, 3.05) is 17.2 Å². The largest absolute Gasteiger partial charge is 0.481 e. The summed E-state index contributed by atoms with van der Waals surface area (Å²) in [7, 11) is 0. The molecule has 1 heterocycles. The number of aliphatic carboxylic acids is 1. The van der Waals surface area contributed by atoms with E-state index in [1.165, 1.54) is 4.90 Å². The predicted molar refractivity (Wildman–Crippen MR) is 133 cm³/mol. The standard InChI is InChI=1S/C26H30N4O5/c1-16(2)22-12-19(15-30(22)23(31)13-24(32)33)25(34)27-14-18-8-10-20(11-9-18)28-26(35)29-21-7-5-4-6-17(21)3/h4-12,16,22H,13-15H2,1-3H3,(H,27,34)(H,32,33)(H2,28,29,35). The van der Waals surface area contributed by atoms with Gasteiger partial charge < -0.3 is 26.0 Å². The summed E-state index contributed by atoms with van der Waals surface area (Å²) in [5, 5.41) is 17.3. The van der Waals surface area contributed by atoms with Gasteiger partial charge in [-0.05, 0) is 42.2 Å². The monoisotopic (exact) mass is 478 g/mol. The number of hydrogen-bond acceptors (Lipinski definition) is 4. The Morgan fingerprint density at radius 1 is 1.03 bits per heavy atom. The van der Waals surface area contributed by atoms with Crippen LogP contribution >= 0.6 is 0 Å². The SMILES string of the molecule is Cc1ccccc1NC(=O)Nc1ccc(CNC(=O)C2=CC(C(C)C)N(C(=O)CC(=O)O)C2)cc1. The van der Waals surface area contributed by atoms with E-state index in [0.29, 0.717) is 11.3 Å². The number of rotatable bonds is 8. The summed E-state index contributed by atoms with van der Waals surface area (Å²) in [6, 6.07) is 13.9. The van der Waals surface area contributed by atoms with Gasteiger partial charge >= 0.3 is 12.0 Å². The van der Waals surface area contributed by atoms with E-state index in [2.05, 4.69) is 16.0 Å². The summed E-state index contributed by atoms with van der Waals surface area (Å²) in [5.41, 5.74) is 3.57. The molecule has 0 saturated heterocycles. The molecule has 0 saturated carbocycles. The van der Waals surface area contributed by atoms with Crippen LogP contribution in [0, 0.1) is 12.8 Å². The summed E-state index contributed by atoms with van der Waals surface area (Å²) >= 11 is 0. The van der Waals surface area contributed by atoms with E-state index < -0.39 is 18.3 Å². The first-order chi connectivity index (χ1) is 16.6. The number of urea groups is 1. The third-order valence-corrected chi connectivity index (χ3v) is 5.73. The van der Waals surface area contributed by atoms with Gasteiger partial charge in [-0.15, -0.1) is 0 Å². The van der Waals surface area contributed by atoms with Crippen LogP contribution in [0.25, 0.3) is 0 Å². The molecule has 2 aromatic carbocycles. The first-order valence-corrected chi connectivity index (χ1v) is 11.4. The Kier molecular flexibility index (Phi) is 8.25. The normalized spacial score (nSPS) is 14.9. The van der Waals surface area contributed by atoms with Gasteiger partial charge in [0.2, 0.25) is 11.8 Å². The third kappa shape index (κ3) is 6.92. The van der Waals surface area contributed by atoms with E-state index in [-0.39, 0.29) is 37.0 Å². The minimum Gasteiger partial charge on any atom is -0.481 e. The molecule has 9 heteroatoms. The Morgan fingerprint density at radius 2 is 1.71 bits per heavy atom. The van der Waals surface area contributed by atoms with Crippen molar-refractivity contribution in [2.24, 2.45) is 5.92 Å². The van der Waals surface area contributed by atoms with Crippen LogP contribution < -0.4 is 16.0 Å². The summed E-state index contributed by atoms with van der Waals surface area (Å²) in [4.78, 5) is 49.6. The number of carbonyl (C=O) groups is 4. The number of nitrogens with one attached hydrogen (secondary N) is 3. The van der Waals surface area contributed by atoms with Crippen LogP contribution in [0.5, 0.6) is 0 Å². The molecule has 0 fully saturated rings. The van der Waals surface area contributed by atoms with E-state index in [0.717, 1.165) is 16.8 Å². The van der Waals surface area contributed by atoms with Gasteiger partial charge in [-0.1, -0.05) is 50.3 Å². The topological polar surface area (TPSA) is 128 Å². The Labute approximate surface area is 204 Å². The number of benzene rings is 2. The van der Waals surface area contributed by atoms with Crippen molar-refractivity contribution in [1.82, 2.24) is 10.2 Å². The second-order valence-corrected chi connectivity index (χ2v) is 8.79. The average Bonchev–Trinajstić information content (AvgIpc) is 3.26. The number of nitrogens with zero attached hydrogens (tertiary/aromatic N) is 1. The van der Waals surface area contributed by atoms with E-state index in [1.807, 2.05) is 45.0 Å². The Hall–Kier alpha value is -4.14. The molecule has 9 nitrogen and oxygen atoms in total. The molecule has 0 aromatic heterocycles. The molecular formula is C26H30N4O5. The van der Waals surface area contributed by atoms with Crippen molar-refractivity contribution in [1.29, 1.82) is 0 Å². The summed E-state index contributed by atoms with van der Waals surface area (Å²) in [5.74, 6) is -1.96. The molecule has 184 valence electrons. The maximum absolute atomic E-state index is 12.7. The zero-order chi connectivity index (χ0) is 25.5. The molecule has 0 bridgehead atoms. The molecule has 4 amide bonds. The maximum Gasteiger partial charge on any atom is 0.323 e. The molecule has 2 aromatic rings. The van der Waals surface area contributed by atoms with Gasteiger partial charge in [-0.2, -0.15) is 0 Å².